The number of hydrogen-bond donors (Lipinski definition) is 2. The molecule has 2 atom stereocenters. The van der Waals surface area contributed by atoms with Crippen molar-refractivity contribution in [2.75, 3.05) is 32.9 Å². The maximum absolute atomic E-state index is 13.3. The standard InChI is InChI=1S/C24H32FN3O5S2/c1-17(34-16-18-12-14-27(2)15-13-18)23(24(29)26-30)28(3)35(31,32)22-10-8-21(9-11-22)33-20-6-4-19(25)5-7-20/h4-11,17-18,23,30H,12-16H2,1-3H3,(H,26,29). The normalized spacial score (nSPS) is 17.2. The van der Waals surface area contributed by atoms with Gasteiger partial charge in [0.05, 0.1) is 4.90 Å². The van der Waals surface area contributed by atoms with Crippen LogP contribution < -0.4 is 10.2 Å². The van der Waals surface area contributed by atoms with Crippen molar-refractivity contribution in [3.8, 4) is 11.5 Å². The molecule has 1 aliphatic heterocycles. The Balaban J connectivity index is 1.70. The molecule has 0 aliphatic carbocycles. The van der Waals surface area contributed by atoms with Crippen molar-refractivity contribution < 1.29 is 27.5 Å². The first kappa shape index (κ1) is 27.4. The molecule has 0 aromatic heterocycles. The fraction of sp³-hybridized carbons (Fsp3) is 0.458. The van der Waals surface area contributed by atoms with Crippen LogP contribution in [0.25, 0.3) is 0 Å². The van der Waals surface area contributed by atoms with Crippen LogP contribution in [0.3, 0.4) is 0 Å². The van der Waals surface area contributed by atoms with Crippen LogP contribution in [-0.2, 0) is 14.8 Å². The number of sulfonamides is 1. The number of thioether (sulfide) groups is 1. The molecule has 2 aromatic carbocycles. The summed E-state index contributed by atoms with van der Waals surface area (Å²) in [5.41, 5.74) is 1.62. The number of piperidine rings is 1. The van der Waals surface area contributed by atoms with E-state index in [-0.39, 0.29) is 16.0 Å². The minimum absolute atomic E-state index is 0.0188. The van der Waals surface area contributed by atoms with E-state index in [1.807, 2.05) is 0 Å². The number of amides is 1. The third-order valence-corrected chi connectivity index (χ3v) is 9.50. The van der Waals surface area contributed by atoms with Crippen LogP contribution in [0.1, 0.15) is 19.8 Å². The van der Waals surface area contributed by atoms with Crippen LogP contribution in [0.4, 0.5) is 4.39 Å². The summed E-state index contributed by atoms with van der Waals surface area (Å²) in [5, 5.41) is 8.92. The van der Waals surface area contributed by atoms with Crippen LogP contribution in [-0.4, -0.2) is 73.0 Å². The Morgan fingerprint density at radius 3 is 2.26 bits per heavy atom. The van der Waals surface area contributed by atoms with Crippen molar-refractivity contribution in [1.29, 1.82) is 0 Å². The number of rotatable bonds is 10. The molecule has 35 heavy (non-hydrogen) atoms. The zero-order valence-electron chi connectivity index (χ0n) is 20.1. The monoisotopic (exact) mass is 525 g/mol. The first-order valence-corrected chi connectivity index (χ1v) is 13.9. The van der Waals surface area contributed by atoms with Gasteiger partial charge >= 0.3 is 0 Å². The number of carbonyl (C=O) groups is 1. The number of nitrogens with one attached hydrogen (secondary N) is 1. The van der Waals surface area contributed by atoms with Crippen LogP contribution in [0, 0.1) is 11.7 Å². The first-order chi connectivity index (χ1) is 16.6. The summed E-state index contributed by atoms with van der Waals surface area (Å²) in [5.74, 6) is 0.942. The molecule has 192 valence electrons. The minimum Gasteiger partial charge on any atom is -0.457 e. The highest BCUT2D eigenvalue weighted by Crippen LogP contribution is 2.29. The Hall–Kier alpha value is -2.18. The molecule has 1 fully saturated rings. The van der Waals surface area contributed by atoms with E-state index in [2.05, 4.69) is 11.9 Å². The van der Waals surface area contributed by atoms with Gasteiger partial charge in [-0.1, -0.05) is 6.92 Å². The lowest BCUT2D eigenvalue weighted by molar-refractivity contribution is -0.132. The van der Waals surface area contributed by atoms with E-state index in [1.54, 1.807) is 12.4 Å². The highest BCUT2D eigenvalue weighted by molar-refractivity contribution is 8.00. The molecule has 3 rings (SSSR count). The van der Waals surface area contributed by atoms with E-state index in [0.717, 1.165) is 36.0 Å². The largest absolute Gasteiger partial charge is 0.457 e. The van der Waals surface area contributed by atoms with Crippen molar-refractivity contribution in [1.82, 2.24) is 14.7 Å². The molecule has 1 aliphatic rings. The average molecular weight is 526 g/mol. The lowest BCUT2D eigenvalue weighted by atomic mass is 10.00. The second-order valence-corrected chi connectivity index (χ2v) is 12.2. The lowest BCUT2D eigenvalue weighted by Gasteiger charge is -2.32. The molecule has 2 unspecified atom stereocenters. The maximum atomic E-state index is 13.3. The van der Waals surface area contributed by atoms with Crippen molar-refractivity contribution >= 4 is 27.7 Å². The summed E-state index contributed by atoms with van der Waals surface area (Å²) < 4.78 is 46.3. The number of likely N-dealkylation sites (tertiary alicyclic amines) is 1. The number of benzene rings is 2. The Morgan fingerprint density at radius 1 is 1.17 bits per heavy atom. The molecule has 11 heteroatoms. The van der Waals surface area contributed by atoms with Crippen LogP contribution >= 0.6 is 11.8 Å². The Labute approximate surface area is 210 Å². The molecule has 0 radical (unpaired) electrons. The number of hydrogen-bond acceptors (Lipinski definition) is 7. The summed E-state index contributed by atoms with van der Waals surface area (Å²) >= 11 is 1.54. The summed E-state index contributed by atoms with van der Waals surface area (Å²) in [6.07, 6.45) is 2.13. The Bertz CT molecular complexity index is 1080. The second kappa shape index (κ2) is 12.2. The quantitative estimate of drug-likeness (QED) is 0.361. The molecule has 8 nitrogen and oxygen atoms in total. The van der Waals surface area contributed by atoms with Crippen molar-refractivity contribution in [3.05, 3.63) is 54.3 Å². The van der Waals surface area contributed by atoms with E-state index < -0.39 is 22.0 Å². The van der Waals surface area contributed by atoms with E-state index in [1.165, 1.54) is 67.3 Å². The number of nitrogens with zero attached hydrogens (tertiary/aromatic N) is 2. The van der Waals surface area contributed by atoms with Gasteiger partial charge in [-0.25, -0.2) is 18.3 Å². The van der Waals surface area contributed by atoms with Gasteiger partial charge in [-0.3, -0.25) is 10.0 Å². The molecule has 0 spiro atoms. The van der Waals surface area contributed by atoms with Crippen LogP contribution in [0.15, 0.2) is 53.4 Å². The van der Waals surface area contributed by atoms with Crippen LogP contribution in [0.2, 0.25) is 0 Å². The summed E-state index contributed by atoms with van der Waals surface area (Å²) in [4.78, 5) is 14.8. The Kier molecular flexibility index (Phi) is 9.54. The molecule has 1 saturated heterocycles. The van der Waals surface area contributed by atoms with Gasteiger partial charge in [0.25, 0.3) is 5.91 Å². The van der Waals surface area contributed by atoms with Gasteiger partial charge in [0.1, 0.15) is 23.4 Å². The molecule has 0 bridgehead atoms. The highest BCUT2D eigenvalue weighted by atomic mass is 32.2. The topological polar surface area (TPSA) is 99.2 Å². The van der Waals surface area contributed by atoms with Crippen molar-refractivity contribution in [3.63, 3.8) is 0 Å². The number of carbonyl (C=O) groups excluding carboxylic acids is 1. The molecule has 1 heterocycles. The SMILES string of the molecule is CC(SCC1CCN(C)CC1)C(C(=O)NO)N(C)S(=O)(=O)c1ccc(Oc2ccc(F)cc2)cc1. The van der Waals surface area contributed by atoms with E-state index >= 15 is 0 Å². The second-order valence-electron chi connectivity index (χ2n) is 8.75. The van der Waals surface area contributed by atoms with Gasteiger partial charge in [-0.2, -0.15) is 16.1 Å². The summed E-state index contributed by atoms with van der Waals surface area (Å²) in [6, 6.07) is 10.1. The van der Waals surface area contributed by atoms with E-state index in [9.17, 15) is 22.8 Å². The van der Waals surface area contributed by atoms with Gasteiger partial charge in [0.15, 0.2) is 0 Å². The number of likely N-dealkylation sites (N-methyl/N-ethyl adjacent to an activating group) is 1. The average Bonchev–Trinajstić information content (AvgIpc) is 2.85. The number of ether oxygens (including phenoxy) is 1. The minimum atomic E-state index is -4.05. The zero-order valence-corrected chi connectivity index (χ0v) is 21.7. The smallest absolute Gasteiger partial charge is 0.262 e. The van der Waals surface area contributed by atoms with Gasteiger partial charge < -0.3 is 9.64 Å². The first-order valence-electron chi connectivity index (χ1n) is 11.4. The van der Waals surface area contributed by atoms with Gasteiger partial charge in [-0.05, 0) is 93.2 Å². The fourth-order valence-electron chi connectivity index (χ4n) is 3.98. The van der Waals surface area contributed by atoms with E-state index in [4.69, 9.17) is 4.74 Å². The molecular weight excluding hydrogens is 493 g/mol. The zero-order chi connectivity index (χ0) is 25.6. The third-order valence-electron chi connectivity index (χ3n) is 6.20. The Morgan fingerprint density at radius 2 is 1.71 bits per heavy atom. The number of hydroxylamine groups is 1. The van der Waals surface area contributed by atoms with Crippen molar-refractivity contribution in [2.45, 2.75) is 36.0 Å². The predicted octanol–water partition coefficient (Wildman–Crippen LogP) is 3.58. The molecule has 0 saturated carbocycles. The van der Waals surface area contributed by atoms with Gasteiger partial charge in [0, 0.05) is 12.3 Å². The molecule has 2 N–H and O–H groups in total. The predicted molar refractivity (Wildman–Crippen MR) is 134 cm³/mol. The molecule has 2 aromatic rings. The number of halogens is 1. The molecular formula is C24H32FN3O5S2. The van der Waals surface area contributed by atoms with Gasteiger partial charge in [0.2, 0.25) is 10.0 Å². The third kappa shape index (κ3) is 7.17. The maximum Gasteiger partial charge on any atom is 0.262 e. The van der Waals surface area contributed by atoms with E-state index in [0.29, 0.717) is 17.4 Å². The van der Waals surface area contributed by atoms with Gasteiger partial charge in [-0.15, -0.1) is 0 Å². The van der Waals surface area contributed by atoms with Crippen molar-refractivity contribution in [2.24, 2.45) is 5.92 Å². The summed E-state index contributed by atoms with van der Waals surface area (Å²) in [6.45, 7) is 3.84. The fourth-order valence-corrected chi connectivity index (χ4v) is 6.85. The summed E-state index contributed by atoms with van der Waals surface area (Å²) in [7, 11) is -0.618. The highest BCUT2D eigenvalue weighted by Gasteiger charge is 2.37. The lowest BCUT2D eigenvalue weighted by Crippen LogP contribution is -2.51. The molecule has 1 amide bonds. The van der Waals surface area contributed by atoms with Crippen LogP contribution in [0.5, 0.6) is 11.5 Å².